The molecule has 0 aliphatic carbocycles. The van der Waals surface area contributed by atoms with E-state index in [0.717, 1.165) is 11.3 Å². The summed E-state index contributed by atoms with van der Waals surface area (Å²) in [4.78, 5) is 11.2. The zero-order valence-electron chi connectivity index (χ0n) is 20.1. The molecule has 0 bridgehead atoms. The first-order valence-electron chi connectivity index (χ1n) is 11.4. The Labute approximate surface area is 215 Å². The Morgan fingerprint density at radius 3 is 2.60 bits per heavy atom. The minimum absolute atomic E-state index is 0.141. The van der Waals surface area contributed by atoms with Gasteiger partial charge in [0.2, 0.25) is 5.88 Å². The van der Waals surface area contributed by atoms with Gasteiger partial charge in [-0.05, 0) is 42.5 Å². The number of aryl methyl sites for hydroxylation is 1. The molecule has 0 saturated carbocycles. The number of methoxy groups -OCH3 is 1. The average Bonchev–Trinajstić information content (AvgIpc) is 3.19. The quantitative estimate of drug-likeness (QED) is 0.281. The molecule has 3 rings (SSSR count). The Hall–Kier alpha value is -2.90. The molecule has 3 aromatic rings. The van der Waals surface area contributed by atoms with Crippen molar-refractivity contribution in [1.82, 2.24) is 9.78 Å². The first-order chi connectivity index (χ1) is 16.8. The Bertz CT molecular complexity index is 1150. The lowest BCUT2D eigenvalue weighted by Crippen LogP contribution is -2.10. The first kappa shape index (κ1) is 26.7. The summed E-state index contributed by atoms with van der Waals surface area (Å²) < 4.78 is 19.1. The lowest BCUT2D eigenvalue weighted by molar-refractivity contribution is -0.136. The summed E-state index contributed by atoms with van der Waals surface area (Å²) in [6.45, 7) is 5.59. The minimum Gasteiger partial charge on any atom is -0.493 e. The van der Waals surface area contributed by atoms with Crippen molar-refractivity contribution in [3.8, 4) is 17.4 Å². The number of hydrogen-bond donors (Lipinski definition) is 1. The lowest BCUT2D eigenvalue weighted by Gasteiger charge is -2.14. The zero-order chi connectivity index (χ0) is 25.4. The third-order valence-corrected chi connectivity index (χ3v) is 5.77. The molecule has 1 N–H and O–H groups in total. The van der Waals surface area contributed by atoms with Gasteiger partial charge in [0.05, 0.1) is 33.3 Å². The van der Waals surface area contributed by atoms with E-state index in [4.69, 9.17) is 37.4 Å². The summed E-state index contributed by atoms with van der Waals surface area (Å²) in [5.74, 6) is 0.980. The topological polar surface area (TPSA) is 82.8 Å². The molecule has 188 valence electrons. The third-order valence-electron chi connectivity index (χ3n) is 5.19. The van der Waals surface area contributed by atoms with Gasteiger partial charge in [0.1, 0.15) is 0 Å². The molecule has 0 radical (unpaired) electrons. The number of nitrogens with zero attached hydrogens (tertiary/aromatic N) is 2. The maximum absolute atomic E-state index is 11.2. The van der Waals surface area contributed by atoms with Crippen LogP contribution in [0.2, 0.25) is 10.0 Å². The zero-order valence-corrected chi connectivity index (χ0v) is 21.6. The van der Waals surface area contributed by atoms with E-state index in [1.165, 1.54) is 7.11 Å². The van der Waals surface area contributed by atoms with Crippen LogP contribution in [-0.4, -0.2) is 41.2 Å². The van der Waals surface area contributed by atoms with Crippen LogP contribution in [0.5, 0.6) is 17.4 Å². The number of aliphatic carboxylic acids is 1. The molecule has 2 aromatic carbocycles. The molecule has 0 fully saturated rings. The number of benzene rings is 2. The largest absolute Gasteiger partial charge is 0.493 e. The van der Waals surface area contributed by atoms with Crippen LogP contribution in [0.4, 0.5) is 0 Å². The summed E-state index contributed by atoms with van der Waals surface area (Å²) in [6, 6.07) is 12.6. The van der Waals surface area contributed by atoms with Gasteiger partial charge in [-0.1, -0.05) is 55.2 Å². The molecule has 0 aliphatic heterocycles. The second kappa shape index (κ2) is 12.7. The fraction of sp³-hybridized carbons (Fsp3) is 0.385. The molecule has 0 atom stereocenters. The number of ether oxygens (including phenoxy) is 3. The summed E-state index contributed by atoms with van der Waals surface area (Å²) in [5, 5.41) is 15.0. The summed E-state index contributed by atoms with van der Waals surface area (Å²) >= 11 is 12.4. The van der Waals surface area contributed by atoms with Crippen LogP contribution in [0.25, 0.3) is 0 Å². The van der Waals surface area contributed by atoms with Crippen molar-refractivity contribution >= 4 is 29.2 Å². The van der Waals surface area contributed by atoms with Crippen molar-refractivity contribution in [1.29, 1.82) is 0 Å². The molecule has 1 aromatic heterocycles. The fourth-order valence-corrected chi connectivity index (χ4v) is 3.98. The average molecular weight is 521 g/mol. The molecule has 0 spiro atoms. The van der Waals surface area contributed by atoms with Gasteiger partial charge >= 0.3 is 5.97 Å². The van der Waals surface area contributed by atoms with Gasteiger partial charge < -0.3 is 19.3 Å². The number of hydrogen-bond acceptors (Lipinski definition) is 5. The van der Waals surface area contributed by atoms with Crippen LogP contribution < -0.4 is 14.2 Å². The maximum atomic E-state index is 11.2. The smallest absolute Gasteiger partial charge is 0.307 e. The molecule has 0 aliphatic rings. The Morgan fingerprint density at radius 2 is 1.91 bits per heavy atom. The van der Waals surface area contributed by atoms with E-state index in [2.05, 4.69) is 18.9 Å². The number of carbonyl (C=O) groups is 1. The van der Waals surface area contributed by atoms with Gasteiger partial charge in [-0.2, -0.15) is 0 Å². The molecule has 1 heterocycles. The van der Waals surface area contributed by atoms with E-state index in [-0.39, 0.29) is 6.42 Å². The van der Waals surface area contributed by atoms with Crippen molar-refractivity contribution in [2.45, 2.75) is 39.7 Å². The van der Waals surface area contributed by atoms with E-state index in [0.29, 0.717) is 71.5 Å². The summed E-state index contributed by atoms with van der Waals surface area (Å²) in [5.41, 5.74) is 2.45. The van der Waals surface area contributed by atoms with Crippen molar-refractivity contribution in [3.63, 3.8) is 0 Å². The highest BCUT2D eigenvalue weighted by atomic mass is 35.5. The number of halogens is 2. The molecule has 0 amide bonds. The SMILES string of the molecule is COc1cccc(CC(=O)O)c1OCCCc1cc(OCC(C)C)nn1Cc1ccc(Cl)cc1Cl. The van der Waals surface area contributed by atoms with Gasteiger partial charge in [-0.3, -0.25) is 9.48 Å². The maximum Gasteiger partial charge on any atom is 0.307 e. The predicted octanol–water partition coefficient (Wildman–Crippen LogP) is 5.92. The number of aromatic nitrogens is 2. The van der Waals surface area contributed by atoms with E-state index in [9.17, 15) is 9.90 Å². The number of para-hydroxylation sites is 1. The van der Waals surface area contributed by atoms with Gasteiger partial charge in [-0.25, -0.2) is 0 Å². The Morgan fingerprint density at radius 1 is 1.11 bits per heavy atom. The second-order valence-corrected chi connectivity index (χ2v) is 9.39. The Kier molecular flexibility index (Phi) is 9.69. The number of carboxylic acids is 1. The molecule has 0 saturated heterocycles. The van der Waals surface area contributed by atoms with Crippen molar-refractivity contribution in [2.75, 3.05) is 20.3 Å². The molecular weight excluding hydrogens is 491 g/mol. The van der Waals surface area contributed by atoms with Gasteiger partial charge in [-0.15, -0.1) is 5.10 Å². The third kappa shape index (κ3) is 7.80. The highest BCUT2D eigenvalue weighted by molar-refractivity contribution is 6.35. The van der Waals surface area contributed by atoms with Crippen LogP contribution in [0.3, 0.4) is 0 Å². The van der Waals surface area contributed by atoms with Crippen molar-refractivity contribution < 1.29 is 24.1 Å². The van der Waals surface area contributed by atoms with Gasteiger partial charge in [0, 0.05) is 27.4 Å². The molecule has 7 nitrogen and oxygen atoms in total. The summed E-state index contributed by atoms with van der Waals surface area (Å²) in [7, 11) is 1.53. The standard InChI is InChI=1S/C26H30Cl2N2O5/c1-17(2)16-35-24-14-21(30(29-24)15-19-9-10-20(27)13-22(19)28)7-5-11-34-26-18(12-25(31)32)6-4-8-23(26)33-3/h4,6,8-10,13-14,17H,5,7,11-12,15-16H2,1-3H3,(H,31,32). The van der Waals surface area contributed by atoms with E-state index in [1.54, 1.807) is 30.3 Å². The van der Waals surface area contributed by atoms with E-state index in [1.807, 2.05) is 16.8 Å². The monoisotopic (exact) mass is 520 g/mol. The fourth-order valence-electron chi connectivity index (χ4n) is 3.52. The lowest BCUT2D eigenvalue weighted by atomic mass is 10.1. The van der Waals surface area contributed by atoms with Crippen molar-refractivity contribution in [2.24, 2.45) is 5.92 Å². The predicted molar refractivity (Wildman–Crippen MR) is 136 cm³/mol. The van der Waals surface area contributed by atoms with Crippen LogP contribution in [-0.2, 0) is 24.2 Å². The molecule has 35 heavy (non-hydrogen) atoms. The Balaban J connectivity index is 1.72. The highest BCUT2D eigenvalue weighted by Gasteiger charge is 2.15. The van der Waals surface area contributed by atoms with E-state index < -0.39 is 5.97 Å². The van der Waals surface area contributed by atoms with E-state index >= 15 is 0 Å². The van der Waals surface area contributed by atoms with Crippen LogP contribution in [0.1, 0.15) is 37.1 Å². The molecule has 9 heteroatoms. The van der Waals surface area contributed by atoms with Crippen LogP contribution in [0.15, 0.2) is 42.5 Å². The molecular formula is C26H30Cl2N2O5. The van der Waals surface area contributed by atoms with Crippen LogP contribution >= 0.6 is 23.2 Å². The van der Waals surface area contributed by atoms with Crippen LogP contribution in [0, 0.1) is 5.92 Å². The second-order valence-electron chi connectivity index (χ2n) is 8.54. The first-order valence-corrected chi connectivity index (χ1v) is 12.2. The number of carboxylic acid groups (broad SMARTS) is 1. The highest BCUT2D eigenvalue weighted by Crippen LogP contribution is 2.32. The normalized spacial score (nSPS) is 11.0. The molecule has 0 unspecified atom stereocenters. The van der Waals surface area contributed by atoms with Gasteiger partial charge in [0.15, 0.2) is 11.5 Å². The van der Waals surface area contributed by atoms with Gasteiger partial charge in [0.25, 0.3) is 0 Å². The minimum atomic E-state index is -0.929. The number of rotatable bonds is 13. The summed E-state index contributed by atoms with van der Waals surface area (Å²) in [6.07, 6.45) is 1.21. The van der Waals surface area contributed by atoms with Crippen molar-refractivity contribution in [3.05, 3.63) is 69.3 Å².